The molecule has 0 bridgehead atoms. The third kappa shape index (κ3) is 7.15. The zero-order valence-corrected chi connectivity index (χ0v) is 19.4. The second kappa shape index (κ2) is 11.8. The average Bonchev–Trinajstić information content (AvgIpc) is 2.86. The van der Waals surface area contributed by atoms with Crippen LogP contribution in [0, 0.1) is 0 Å². The fourth-order valence-corrected chi connectivity index (χ4v) is 3.23. The number of rotatable bonds is 7. The minimum Gasteiger partial charge on any atom is -0.484 e. The first-order valence-electron chi connectivity index (χ1n) is 10.7. The van der Waals surface area contributed by atoms with E-state index in [2.05, 4.69) is 30.0 Å². The maximum absolute atomic E-state index is 12.4. The van der Waals surface area contributed by atoms with Crippen molar-refractivity contribution in [2.45, 2.75) is 26.2 Å². The number of hydrogen-bond acceptors (Lipinski definition) is 4. The van der Waals surface area contributed by atoms with E-state index in [9.17, 15) is 9.59 Å². The van der Waals surface area contributed by atoms with Gasteiger partial charge < -0.3 is 4.74 Å². The van der Waals surface area contributed by atoms with Crippen molar-refractivity contribution in [1.82, 2.24) is 16.2 Å². The van der Waals surface area contributed by atoms with E-state index >= 15 is 0 Å². The fraction of sp³-hybridized carbons (Fsp3) is 0.192. The molecule has 3 aromatic rings. The largest absolute Gasteiger partial charge is 0.484 e. The second-order valence-electron chi connectivity index (χ2n) is 7.57. The van der Waals surface area contributed by atoms with Crippen LogP contribution in [0.3, 0.4) is 0 Å². The molecule has 3 N–H and O–H groups in total. The highest BCUT2D eigenvalue weighted by Crippen LogP contribution is 2.21. The van der Waals surface area contributed by atoms with E-state index in [1.165, 1.54) is 5.56 Å². The van der Waals surface area contributed by atoms with Crippen LogP contribution >= 0.6 is 12.2 Å². The molecule has 0 spiro atoms. The lowest BCUT2D eigenvalue weighted by atomic mass is 9.99. The molecule has 0 aliphatic carbocycles. The summed E-state index contributed by atoms with van der Waals surface area (Å²) < 4.78 is 5.48. The molecule has 0 aliphatic heterocycles. The van der Waals surface area contributed by atoms with Gasteiger partial charge in [-0.3, -0.25) is 25.8 Å². The predicted molar refractivity (Wildman–Crippen MR) is 134 cm³/mol. The third-order valence-electron chi connectivity index (χ3n) is 5.23. The molecule has 3 rings (SSSR count). The van der Waals surface area contributed by atoms with Crippen LogP contribution in [0.5, 0.6) is 5.75 Å². The maximum Gasteiger partial charge on any atom is 0.276 e. The number of ether oxygens (including phenoxy) is 1. The number of carbonyl (C=O) groups excluding carboxylic acids is 2. The molecule has 0 aromatic heterocycles. The molecular formula is C26H27N3O3S. The molecule has 0 saturated heterocycles. The van der Waals surface area contributed by atoms with E-state index < -0.39 is 5.91 Å². The molecule has 0 unspecified atom stereocenters. The van der Waals surface area contributed by atoms with Crippen molar-refractivity contribution in [2.75, 3.05) is 6.61 Å². The van der Waals surface area contributed by atoms with E-state index in [4.69, 9.17) is 17.0 Å². The highest BCUT2D eigenvalue weighted by molar-refractivity contribution is 7.80. The smallest absolute Gasteiger partial charge is 0.276 e. The fourth-order valence-electron chi connectivity index (χ4n) is 3.09. The number of nitrogens with one attached hydrogen (secondary N) is 3. The summed E-state index contributed by atoms with van der Waals surface area (Å²) in [5.74, 6) is 0.278. The summed E-state index contributed by atoms with van der Waals surface area (Å²) in [6.45, 7) is 4.12. The number of thiocarbonyl (C=S) groups is 1. The van der Waals surface area contributed by atoms with Gasteiger partial charge in [-0.1, -0.05) is 68.4 Å². The van der Waals surface area contributed by atoms with Gasteiger partial charge in [0.15, 0.2) is 11.7 Å². The monoisotopic (exact) mass is 461 g/mol. The van der Waals surface area contributed by atoms with E-state index in [1.807, 2.05) is 66.7 Å². The van der Waals surface area contributed by atoms with Crippen molar-refractivity contribution in [1.29, 1.82) is 0 Å². The van der Waals surface area contributed by atoms with Crippen LogP contribution in [0.4, 0.5) is 0 Å². The Labute approximate surface area is 199 Å². The van der Waals surface area contributed by atoms with Crippen LogP contribution in [0.2, 0.25) is 0 Å². The minimum atomic E-state index is -0.426. The van der Waals surface area contributed by atoms with Gasteiger partial charge in [0.1, 0.15) is 5.75 Å². The molecule has 0 aliphatic rings. The van der Waals surface area contributed by atoms with Gasteiger partial charge in [-0.2, -0.15) is 0 Å². The Morgan fingerprint density at radius 3 is 2.15 bits per heavy atom. The van der Waals surface area contributed by atoms with E-state index in [0.717, 1.165) is 17.5 Å². The van der Waals surface area contributed by atoms with Gasteiger partial charge in [-0.15, -0.1) is 0 Å². The highest BCUT2D eigenvalue weighted by Gasteiger charge is 2.10. The Morgan fingerprint density at radius 1 is 0.879 bits per heavy atom. The van der Waals surface area contributed by atoms with Gasteiger partial charge in [0.05, 0.1) is 0 Å². The quantitative estimate of drug-likeness (QED) is 0.355. The van der Waals surface area contributed by atoms with Crippen molar-refractivity contribution in [2.24, 2.45) is 0 Å². The summed E-state index contributed by atoms with van der Waals surface area (Å²) in [5, 5.41) is 2.52. The molecule has 2 amide bonds. The van der Waals surface area contributed by atoms with Crippen molar-refractivity contribution in [3.8, 4) is 16.9 Å². The molecule has 1 atom stereocenters. The van der Waals surface area contributed by atoms with Crippen molar-refractivity contribution in [3.05, 3.63) is 90.0 Å². The Hall–Kier alpha value is -3.71. The highest BCUT2D eigenvalue weighted by atomic mass is 32.1. The van der Waals surface area contributed by atoms with Crippen molar-refractivity contribution < 1.29 is 14.3 Å². The summed E-state index contributed by atoms with van der Waals surface area (Å²) in [6, 6.07) is 24.7. The van der Waals surface area contributed by atoms with Gasteiger partial charge in [0.2, 0.25) is 0 Å². The molecule has 170 valence electrons. The number of benzene rings is 3. The van der Waals surface area contributed by atoms with Gasteiger partial charge in [0.25, 0.3) is 11.8 Å². The van der Waals surface area contributed by atoms with Gasteiger partial charge in [-0.05, 0) is 65.5 Å². The molecule has 7 heteroatoms. The Morgan fingerprint density at radius 2 is 1.52 bits per heavy atom. The topological polar surface area (TPSA) is 79.5 Å². The second-order valence-corrected chi connectivity index (χ2v) is 7.98. The third-order valence-corrected chi connectivity index (χ3v) is 5.43. The number of amides is 2. The van der Waals surface area contributed by atoms with Crippen molar-refractivity contribution in [3.63, 3.8) is 0 Å². The van der Waals surface area contributed by atoms with Gasteiger partial charge in [0, 0.05) is 5.56 Å². The number of hydrogen-bond donors (Lipinski definition) is 3. The van der Waals surface area contributed by atoms with Crippen LogP contribution < -0.4 is 20.9 Å². The zero-order valence-electron chi connectivity index (χ0n) is 18.6. The Bertz CT molecular complexity index is 1080. The average molecular weight is 462 g/mol. The van der Waals surface area contributed by atoms with Crippen LogP contribution in [0.15, 0.2) is 78.9 Å². The first kappa shape index (κ1) is 23.9. The first-order chi connectivity index (χ1) is 16.0. The summed E-state index contributed by atoms with van der Waals surface area (Å²) in [5.41, 5.74) is 8.68. The number of hydrazine groups is 1. The summed E-state index contributed by atoms with van der Waals surface area (Å²) in [4.78, 5) is 24.4. The standard InChI is InChI=1S/C26H27N3O3S/c1-3-18(2)19-13-15-23(16-14-19)32-17-24(30)28-29-26(33)27-25(31)22-11-9-21(10-12-22)20-7-5-4-6-8-20/h4-16,18H,3,17H2,1-2H3,(H,28,30)(H2,27,29,31,33)/t18-/m1/s1. The Kier molecular flexibility index (Phi) is 8.55. The normalized spacial score (nSPS) is 11.2. The SMILES string of the molecule is CC[C@@H](C)c1ccc(OCC(=O)NNC(=S)NC(=O)c2ccc(-c3ccccc3)cc2)cc1. The lowest BCUT2D eigenvalue weighted by Gasteiger charge is -2.12. The predicted octanol–water partition coefficient (Wildman–Crippen LogP) is 4.58. The van der Waals surface area contributed by atoms with E-state index in [-0.39, 0.29) is 17.6 Å². The Balaban J connectivity index is 1.41. The van der Waals surface area contributed by atoms with Crippen molar-refractivity contribution >= 4 is 29.1 Å². The lowest BCUT2D eigenvalue weighted by molar-refractivity contribution is -0.123. The zero-order chi connectivity index (χ0) is 23.6. The van der Waals surface area contributed by atoms with E-state index in [0.29, 0.717) is 17.2 Å². The maximum atomic E-state index is 12.4. The molecule has 0 saturated carbocycles. The molecule has 0 fully saturated rings. The van der Waals surface area contributed by atoms with Gasteiger partial charge >= 0.3 is 0 Å². The molecule has 0 radical (unpaired) electrons. The van der Waals surface area contributed by atoms with Gasteiger partial charge in [-0.25, -0.2) is 0 Å². The first-order valence-corrected chi connectivity index (χ1v) is 11.2. The lowest BCUT2D eigenvalue weighted by Crippen LogP contribution is -2.49. The molecule has 0 heterocycles. The van der Waals surface area contributed by atoms with E-state index in [1.54, 1.807) is 12.1 Å². The van der Waals surface area contributed by atoms with Crippen LogP contribution in [0.1, 0.15) is 42.1 Å². The summed E-state index contributed by atoms with van der Waals surface area (Å²) >= 11 is 5.08. The molecule has 6 nitrogen and oxygen atoms in total. The minimum absolute atomic E-state index is 0.0154. The van der Waals surface area contributed by atoms with Crippen LogP contribution in [0.25, 0.3) is 11.1 Å². The molecular weight excluding hydrogens is 434 g/mol. The van der Waals surface area contributed by atoms with Crippen LogP contribution in [-0.2, 0) is 4.79 Å². The van der Waals surface area contributed by atoms with Crippen LogP contribution in [-0.4, -0.2) is 23.5 Å². The molecule has 33 heavy (non-hydrogen) atoms. The number of carbonyl (C=O) groups is 2. The summed E-state index contributed by atoms with van der Waals surface area (Å²) in [7, 11) is 0. The summed E-state index contributed by atoms with van der Waals surface area (Å²) in [6.07, 6.45) is 1.06. The molecule has 3 aromatic carbocycles.